The molecule has 11 heteroatoms. The summed E-state index contributed by atoms with van der Waals surface area (Å²) in [5.41, 5.74) is 3.59. The summed E-state index contributed by atoms with van der Waals surface area (Å²) in [7, 11) is -3.50. The lowest BCUT2D eigenvalue weighted by atomic mass is 9.99. The maximum absolute atomic E-state index is 13.2. The van der Waals surface area contributed by atoms with Gasteiger partial charge in [-0.05, 0) is 95.4 Å². The molecule has 0 aromatic heterocycles. The van der Waals surface area contributed by atoms with Crippen LogP contribution in [0, 0.1) is 0 Å². The van der Waals surface area contributed by atoms with Crippen molar-refractivity contribution in [3.63, 3.8) is 0 Å². The first-order valence-corrected chi connectivity index (χ1v) is 14.0. The van der Waals surface area contributed by atoms with Crippen LogP contribution in [0.4, 0.5) is 15.3 Å². The van der Waals surface area contributed by atoms with Crippen LogP contribution in [-0.2, 0) is 52.1 Å². The fraction of sp³-hybridized carbons (Fsp3) is 0.542. The highest BCUT2D eigenvalue weighted by atomic mass is 32.2. The smallest absolute Gasteiger partial charge is 0.419 e. The van der Waals surface area contributed by atoms with Gasteiger partial charge in [-0.3, -0.25) is 0 Å². The number of fused-ring (bicyclic) bond motifs is 2. The largest absolute Gasteiger partial charge is 0.443 e. The van der Waals surface area contributed by atoms with Gasteiger partial charge in [0.1, 0.15) is 20.5 Å². The van der Waals surface area contributed by atoms with E-state index in [1.807, 2.05) is 0 Å². The fourth-order valence-electron chi connectivity index (χ4n) is 4.51. The van der Waals surface area contributed by atoms with Crippen molar-refractivity contribution in [1.82, 2.24) is 4.72 Å². The molecule has 4 rings (SSSR count). The number of aryl methyl sites for hydroxylation is 2. The van der Waals surface area contributed by atoms with Crippen LogP contribution in [0.3, 0.4) is 0 Å². The summed E-state index contributed by atoms with van der Waals surface area (Å²) >= 11 is 0. The third kappa shape index (κ3) is 5.73. The molecule has 0 fully saturated rings. The molecule has 9 nitrogen and oxygen atoms in total. The van der Waals surface area contributed by atoms with Gasteiger partial charge in [0.25, 0.3) is 0 Å². The van der Waals surface area contributed by atoms with E-state index in [4.69, 9.17) is 4.74 Å². The van der Waals surface area contributed by atoms with E-state index < -0.39 is 45.0 Å². The van der Waals surface area contributed by atoms with Crippen LogP contribution >= 0.6 is 0 Å². The number of hydrogen-bond donors (Lipinski definition) is 3. The van der Waals surface area contributed by atoms with Gasteiger partial charge >= 0.3 is 12.1 Å². The average molecular weight is 521 g/mol. The lowest BCUT2D eigenvalue weighted by Gasteiger charge is -2.21. The SMILES string of the molecule is CC(C)(C)OC(=O)NS(=O)C1=CN=C(C(C)(C)O)/S1=N/C(=O)Nc1c2c(cc3c1CCC3)CCC2. The minimum absolute atomic E-state index is 0.117. The molecule has 0 spiro atoms. The monoisotopic (exact) mass is 520 g/mol. The highest BCUT2D eigenvalue weighted by molar-refractivity contribution is 8.17. The number of benzene rings is 1. The molecular formula is C24H32N4O5S2. The van der Waals surface area contributed by atoms with Crippen molar-refractivity contribution in [1.29, 1.82) is 0 Å². The Morgan fingerprint density at radius 1 is 1.09 bits per heavy atom. The summed E-state index contributed by atoms with van der Waals surface area (Å²) in [6.07, 6.45) is 6.37. The maximum atomic E-state index is 13.2. The number of carbonyl (C=O) groups excluding carboxylic acids is 2. The quantitative estimate of drug-likeness (QED) is 0.549. The Morgan fingerprint density at radius 3 is 2.23 bits per heavy atom. The summed E-state index contributed by atoms with van der Waals surface area (Å²) < 4.78 is 24.8. The number of nitrogens with zero attached hydrogens (tertiary/aromatic N) is 2. The molecule has 3 N–H and O–H groups in total. The van der Waals surface area contributed by atoms with Crippen molar-refractivity contribution < 1.29 is 23.6 Å². The Bertz CT molecular complexity index is 1170. The number of aliphatic imine (C=N–C) groups is 1. The molecule has 0 saturated heterocycles. The highest BCUT2D eigenvalue weighted by Crippen LogP contribution is 2.38. The van der Waals surface area contributed by atoms with Crippen molar-refractivity contribution in [2.75, 3.05) is 5.32 Å². The zero-order valence-corrected chi connectivity index (χ0v) is 22.3. The predicted octanol–water partition coefficient (Wildman–Crippen LogP) is 4.17. The van der Waals surface area contributed by atoms with E-state index in [1.165, 1.54) is 42.3 Å². The van der Waals surface area contributed by atoms with E-state index in [0.29, 0.717) is 0 Å². The van der Waals surface area contributed by atoms with Crippen LogP contribution in [0.5, 0.6) is 0 Å². The van der Waals surface area contributed by atoms with E-state index in [2.05, 4.69) is 25.5 Å². The molecule has 1 heterocycles. The number of amides is 3. The summed E-state index contributed by atoms with van der Waals surface area (Å²) in [5, 5.41) is 13.8. The first-order chi connectivity index (χ1) is 16.3. The second-order valence-corrected chi connectivity index (χ2v) is 13.4. The molecule has 0 saturated carbocycles. The topological polar surface area (TPSA) is 129 Å². The Balaban J connectivity index is 1.61. The van der Waals surface area contributed by atoms with Gasteiger partial charge in [0.15, 0.2) is 11.0 Å². The lowest BCUT2D eigenvalue weighted by molar-refractivity contribution is 0.0572. The molecular weight excluding hydrogens is 488 g/mol. The van der Waals surface area contributed by atoms with Crippen molar-refractivity contribution in [3.8, 4) is 0 Å². The molecule has 1 aromatic rings. The van der Waals surface area contributed by atoms with Gasteiger partial charge in [0.05, 0.1) is 6.20 Å². The summed E-state index contributed by atoms with van der Waals surface area (Å²) in [6.45, 7) is 8.14. The Hall–Kier alpha value is -2.37. The Labute approximate surface area is 210 Å². The molecule has 3 amide bonds. The number of carbonyl (C=O) groups is 2. The van der Waals surface area contributed by atoms with Crippen LogP contribution in [0.2, 0.25) is 0 Å². The third-order valence-electron chi connectivity index (χ3n) is 5.82. The van der Waals surface area contributed by atoms with Crippen LogP contribution in [-0.4, -0.2) is 37.7 Å². The highest BCUT2D eigenvalue weighted by Gasteiger charge is 2.35. The van der Waals surface area contributed by atoms with E-state index in [0.717, 1.165) is 44.2 Å². The van der Waals surface area contributed by atoms with Crippen molar-refractivity contribution >= 4 is 44.5 Å². The van der Waals surface area contributed by atoms with E-state index in [1.54, 1.807) is 20.8 Å². The molecule has 35 heavy (non-hydrogen) atoms. The maximum Gasteiger partial charge on any atom is 0.419 e. The number of ether oxygens (including phenoxy) is 1. The van der Waals surface area contributed by atoms with Crippen LogP contribution in [0.1, 0.15) is 69.7 Å². The van der Waals surface area contributed by atoms with Gasteiger partial charge in [-0.1, -0.05) is 6.07 Å². The summed E-state index contributed by atoms with van der Waals surface area (Å²) in [6, 6.07) is 1.68. The van der Waals surface area contributed by atoms with Crippen molar-refractivity contribution in [3.05, 3.63) is 38.8 Å². The first kappa shape index (κ1) is 25.7. The van der Waals surface area contributed by atoms with E-state index >= 15 is 0 Å². The molecule has 3 aliphatic rings. The van der Waals surface area contributed by atoms with E-state index in [-0.39, 0.29) is 9.28 Å². The average Bonchev–Trinajstić information content (AvgIpc) is 3.44. The Morgan fingerprint density at radius 2 is 1.69 bits per heavy atom. The fourth-order valence-corrected chi connectivity index (χ4v) is 7.36. The lowest BCUT2D eigenvalue weighted by Crippen LogP contribution is -2.37. The molecule has 190 valence electrons. The molecule has 0 bridgehead atoms. The zero-order valence-electron chi connectivity index (χ0n) is 20.7. The molecule has 1 aliphatic heterocycles. The molecule has 1 aromatic carbocycles. The summed E-state index contributed by atoms with van der Waals surface area (Å²) in [5.74, 6) is 0. The number of hydrogen-bond acceptors (Lipinski definition) is 6. The van der Waals surface area contributed by atoms with Gasteiger partial charge in [-0.25, -0.2) is 23.5 Å². The minimum atomic E-state index is -2.06. The molecule has 2 atom stereocenters. The minimum Gasteiger partial charge on any atom is -0.443 e. The predicted molar refractivity (Wildman–Crippen MR) is 139 cm³/mol. The van der Waals surface area contributed by atoms with Gasteiger partial charge in [-0.2, -0.15) is 4.36 Å². The summed E-state index contributed by atoms with van der Waals surface area (Å²) in [4.78, 5) is 29.5. The zero-order chi connectivity index (χ0) is 25.5. The van der Waals surface area contributed by atoms with Crippen LogP contribution in [0.15, 0.2) is 25.9 Å². The van der Waals surface area contributed by atoms with Gasteiger partial charge < -0.3 is 15.2 Å². The second-order valence-electron chi connectivity index (χ2n) is 10.4. The third-order valence-corrected chi connectivity index (χ3v) is 9.38. The number of anilines is 1. The number of aliphatic hydroxyl groups is 1. The van der Waals surface area contributed by atoms with Crippen LogP contribution in [0.25, 0.3) is 0 Å². The van der Waals surface area contributed by atoms with Crippen LogP contribution < -0.4 is 10.0 Å². The van der Waals surface area contributed by atoms with Gasteiger partial charge in [-0.15, -0.1) is 0 Å². The Kier molecular flexibility index (Phi) is 7.05. The molecule has 2 unspecified atom stereocenters. The van der Waals surface area contributed by atoms with E-state index in [9.17, 15) is 18.9 Å². The first-order valence-electron chi connectivity index (χ1n) is 11.7. The molecule has 0 radical (unpaired) electrons. The number of nitrogens with one attached hydrogen (secondary N) is 2. The van der Waals surface area contributed by atoms with Gasteiger partial charge in [0, 0.05) is 16.4 Å². The van der Waals surface area contributed by atoms with Gasteiger partial charge in [0.2, 0.25) is 0 Å². The molecule has 2 aliphatic carbocycles. The van der Waals surface area contributed by atoms with Crippen molar-refractivity contribution in [2.24, 2.45) is 9.36 Å². The van der Waals surface area contributed by atoms with Crippen molar-refractivity contribution in [2.45, 2.75) is 84.3 Å². The normalized spacial score (nSPS) is 20.1. The number of urea groups is 1. The second kappa shape index (κ2) is 9.59. The standard InChI is InChI=1S/C24H32N4O5S2/c1-23(2,3)33-22(30)28-35(32)18-13-25-20(24(4,5)31)34(18)27-21(29)26-19-16-10-6-8-14(16)12-15-9-7-11-17(15)19/h12-13,31H,6-11H2,1-5H3,(H,26,29)(H,28,30). The number of rotatable bonds is 4.